The third-order valence-corrected chi connectivity index (χ3v) is 4.48. The molecular weight excluding hydrogens is 401 g/mol. The van der Waals surface area contributed by atoms with E-state index in [1.54, 1.807) is 36.5 Å². The number of nitrogens with zero attached hydrogens (tertiary/aromatic N) is 2. The summed E-state index contributed by atoms with van der Waals surface area (Å²) in [4.78, 5) is 10.3. The third-order valence-electron chi connectivity index (χ3n) is 3.77. The van der Waals surface area contributed by atoms with E-state index in [4.69, 9.17) is 27.9 Å². The molecule has 6 nitrogen and oxygen atoms in total. The average molecular weight is 416 g/mol. The predicted octanol–water partition coefficient (Wildman–Crippen LogP) is 5.93. The van der Waals surface area contributed by atoms with E-state index in [1.807, 2.05) is 24.3 Å². The van der Waals surface area contributed by atoms with Gasteiger partial charge < -0.3 is 4.74 Å². The lowest BCUT2D eigenvalue weighted by atomic mass is 10.2. The maximum absolute atomic E-state index is 10.8. The van der Waals surface area contributed by atoms with E-state index in [2.05, 4.69) is 10.5 Å². The number of hydrogen-bond acceptors (Lipinski definition) is 5. The van der Waals surface area contributed by atoms with Crippen LogP contribution in [-0.2, 0) is 6.61 Å². The summed E-state index contributed by atoms with van der Waals surface area (Å²) in [5, 5.41) is 16.0. The highest BCUT2D eigenvalue weighted by Gasteiger charge is 2.07. The van der Waals surface area contributed by atoms with E-state index in [-0.39, 0.29) is 12.3 Å². The predicted molar refractivity (Wildman–Crippen MR) is 112 cm³/mol. The number of nitro groups is 1. The lowest BCUT2D eigenvalue weighted by Crippen LogP contribution is -1.98. The summed E-state index contributed by atoms with van der Waals surface area (Å²) in [5.74, 6) is 0.635. The van der Waals surface area contributed by atoms with Gasteiger partial charge in [-0.05, 0) is 35.9 Å². The van der Waals surface area contributed by atoms with Crippen LogP contribution in [0.15, 0.2) is 71.8 Å². The molecule has 0 aromatic heterocycles. The van der Waals surface area contributed by atoms with Crippen molar-refractivity contribution in [1.29, 1.82) is 0 Å². The fraction of sp³-hybridized carbons (Fsp3) is 0.0500. The van der Waals surface area contributed by atoms with Crippen molar-refractivity contribution >= 4 is 40.8 Å². The zero-order chi connectivity index (χ0) is 19.9. The number of benzene rings is 3. The van der Waals surface area contributed by atoms with E-state index in [0.29, 0.717) is 21.5 Å². The van der Waals surface area contributed by atoms with Gasteiger partial charge in [-0.3, -0.25) is 15.5 Å². The van der Waals surface area contributed by atoms with Crippen molar-refractivity contribution in [3.63, 3.8) is 0 Å². The molecule has 0 atom stereocenters. The van der Waals surface area contributed by atoms with Gasteiger partial charge in [-0.15, -0.1) is 0 Å². The third kappa shape index (κ3) is 5.22. The molecule has 0 bridgehead atoms. The van der Waals surface area contributed by atoms with Crippen LogP contribution in [0.4, 0.5) is 11.4 Å². The van der Waals surface area contributed by atoms with Gasteiger partial charge in [0.25, 0.3) is 5.69 Å². The van der Waals surface area contributed by atoms with Crippen molar-refractivity contribution in [2.75, 3.05) is 5.43 Å². The standard InChI is InChI=1S/C20H15Cl2N3O3/c21-19-8-3-9-20(22)18(19)13-28-17-7-1-4-14(10-17)12-23-24-15-5-2-6-16(11-15)25(26)27/h1-12,24H,13H2. The van der Waals surface area contributed by atoms with Crippen LogP contribution in [0.5, 0.6) is 5.75 Å². The Morgan fingerprint density at radius 3 is 2.50 bits per heavy atom. The molecular formula is C20H15Cl2N3O3. The first-order chi connectivity index (χ1) is 13.5. The first kappa shape index (κ1) is 19.7. The van der Waals surface area contributed by atoms with Gasteiger partial charge in [0.05, 0.1) is 16.8 Å². The molecule has 0 unspecified atom stereocenters. The topological polar surface area (TPSA) is 76.8 Å². The van der Waals surface area contributed by atoms with E-state index < -0.39 is 4.92 Å². The van der Waals surface area contributed by atoms with Gasteiger partial charge in [0, 0.05) is 27.7 Å². The van der Waals surface area contributed by atoms with Crippen LogP contribution in [-0.4, -0.2) is 11.1 Å². The molecule has 142 valence electrons. The van der Waals surface area contributed by atoms with Crippen LogP contribution in [0.3, 0.4) is 0 Å². The number of halogens is 2. The maximum Gasteiger partial charge on any atom is 0.271 e. The zero-order valence-corrected chi connectivity index (χ0v) is 16.0. The largest absolute Gasteiger partial charge is 0.489 e. The quantitative estimate of drug-likeness (QED) is 0.294. The van der Waals surface area contributed by atoms with Crippen molar-refractivity contribution < 1.29 is 9.66 Å². The molecule has 0 aliphatic rings. The molecule has 0 saturated carbocycles. The minimum atomic E-state index is -0.457. The molecule has 0 aliphatic carbocycles. The molecule has 0 aliphatic heterocycles. The summed E-state index contributed by atoms with van der Waals surface area (Å²) in [6, 6.07) is 18.7. The van der Waals surface area contributed by atoms with Crippen LogP contribution in [0.2, 0.25) is 10.0 Å². The zero-order valence-electron chi connectivity index (χ0n) is 14.5. The average Bonchev–Trinajstić information content (AvgIpc) is 2.68. The fourth-order valence-corrected chi connectivity index (χ4v) is 2.89. The Bertz CT molecular complexity index is 1000. The molecule has 0 heterocycles. The maximum atomic E-state index is 10.8. The van der Waals surface area contributed by atoms with E-state index in [0.717, 1.165) is 11.1 Å². The Labute approximate surface area is 171 Å². The number of nitrogens with one attached hydrogen (secondary N) is 1. The summed E-state index contributed by atoms with van der Waals surface area (Å²) in [5.41, 5.74) is 4.80. The number of non-ortho nitro benzene ring substituents is 1. The number of anilines is 1. The first-order valence-electron chi connectivity index (χ1n) is 8.22. The van der Waals surface area contributed by atoms with Crippen molar-refractivity contribution in [1.82, 2.24) is 0 Å². The smallest absolute Gasteiger partial charge is 0.271 e. The number of hydrogen-bond donors (Lipinski definition) is 1. The molecule has 8 heteroatoms. The lowest BCUT2D eigenvalue weighted by Gasteiger charge is -2.09. The van der Waals surface area contributed by atoms with Crippen LogP contribution in [0, 0.1) is 10.1 Å². The molecule has 0 amide bonds. The van der Waals surface area contributed by atoms with Gasteiger partial charge in [0.2, 0.25) is 0 Å². The molecule has 28 heavy (non-hydrogen) atoms. The molecule has 3 aromatic carbocycles. The van der Waals surface area contributed by atoms with Gasteiger partial charge in [-0.25, -0.2) is 0 Å². The Morgan fingerprint density at radius 2 is 1.75 bits per heavy atom. The monoisotopic (exact) mass is 415 g/mol. The summed E-state index contributed by atoms with van der Waals surface area (Å²) >= 11 is 12.3. The Hall–Kier alpha value is -3.09. The Kier molecular flexibility index (Phi) is 6.47. The Morgan fingerprint density at radius 1 is 1.04 bits per heavy atom. The Balaban J connectivity index is 1.64. The lowest BCUT2D eigenvalue weighted by molar-refractivity contribution is -0.384. The van der Waals surface area contributed by atoms with Gasteiger partial charge >= 0.3 is 0 Å². The summed E-state index contributed by atoms with van der Waals surface area (Å²) in [6.45, 7) is 0.241. The number of hydrazone groups is 1. The van der Waals surface area contributed by atoms with Crippen LogP contribution >= 0.6 is 23.2 Å². The first-order valence-corrected chi connectivity index (χ1v) is 8.98. The van der Waals surface area contributed by atoms with Crippen molar-refractivity contribution in [2.45, 2.75) is 6.61 Å². The second-order valence-electron chi connectivity index (χ2n) is 5.74. The van der Waals surface area contributed by atoms with E-state index >= 15 is 0 Å². The second kappa shape index (κ2) is 9.21. The molecule has 0 fully saturated rings. The molecule has 0 radical (unpaired) electrons. The molecule has 3 aromatic rings. The highest BCUT2D eigenvalue weighted by atomic mass is 35.5. The van der Waals surface area contributed by atoms with Crippen molar-refractivity contribution in [3.05, 3.63) is 98.0 Å². The molecule has 0 saturated heterocycles. The van der Waals surface area contributed by atoms with E-state index in [1.165, 1.54) is 12.1 Å². The molecule has 3 rings (SSSR count). The van der Waals surface area contributed by atoms with Crippen LogP contribution < -0.4 is 10.2 Å². The molecule has 1 N–H and O–H groups in total. The SMILES string of the molecule is O=[N+]([O-])c1cccc(NN=Cc2cccc(OCc3c(Cl)cccc3Cl)c2)c1. The van der Waals surface area contributed by atoms with Crippen LogP contribution in [0.1, 0.15) is 11.1 Å². The van der Waals surface area contributed by atoms with E-state index in [9.17, 15) is 10.1 Å². The number of rotatable bonds is 7. The normalized spacial score (nSPS) is 10.8. The van der Waals surface area contributed by atoms with Gasteiger partial charge in [0.1, 0.15) is 12.4 Å². The minimum absolute atomic E-state index is 0.00571. The van der Waals surface area contributed by atoms with Crippen molar-refractivity contribution in [2.24, 2.45) is 5.10 Å². The summed E-state index contributed by atoms with van der Waals surface area (Å²) < 4.78 is 5.78. The van der Waals surface area contributed by atoms with Gasteiger partial charge in [0.15, 0.2) is 0 Å². The highest BCUT2D eigenvalue weighted by Crippen LogP contribution is 2.26. The van der Waals surface area contributed by atoms with Crippen molar-refractivity contribution in [3.8, 4) is 5.75 Å². The minimum Gasteiger partial charge on any atom is -0.489 e. The molecule has 0 spiro atoms. The highest BCUT2D eigenvalue weighted by molar-refractivity contribution is 6.35. The fourth-order valence-electron chi connectivity index (χ4n) is 2.38. The summed E-state index contributed by atoms with van der Waals surface area (Å²) in [7, 11) is 0. The van der Waals surface area contributed by atoms with Gasteiger partial charge in [-0.1, -0.05) is 47.5 Å². The number of ether oxygens (including phenoxy) is 1. The van der Waals surface area contributed by atoms with Crippen LogP contribution in [0.25, 0.3) is 0 Å². The van der Waals surface area contributed by atoms with Gasteiger partial charge in [-0.2, -0.15) is 5.10 Å². The number of nitro benzene ring substituents is 1. The summed E-state index contributed by atoms with van der Waals surface area (Å²) in [6.07, 6.45) is 1.59. The second-order valence-corrected chi connectivity index (χ2v) is 6.55.